The summed E-state index contributed by atoms with van der Waals surface area (Å²) in [6.07, 6.45) is 5.57. The Morgan fingerprint density at radius 2 is 2.23 bits per heavy atom. The van der Waals surface area contributed by atoms with E-state index in [1.165, 1.54) is 11.1 Å². The molecule has 0 unspecified atom stereocenters. The maximum Gasteiger partial charge on any atom is 0.261 e. The van der Waals surface area contributed by atoms with Gasteiger partial charge in [-0.05, 0) is 43.5 Å². The average Bonchev–Trinajstić information content (AvgIpc) is 3.08. The van der Waals surface area contributed by atoms with Crippen LogP contribution in [0.5, 0.6) is 5.75 Å². The fraction of sp³-hybridized carbons (Fsp3) is 0.412. The number of aryl methyl sites for hydroxylation is 2. The van der Waals surface area contributed by atoms with Gasteiger partial charge in [-0.1, -0.05) is 6.07 Å². The minimum atomic E-state index is -0.429. The Balaban J connectivity index is 1.60. The van der Waals surface area contributed by atoms with Crippen molar-refractivity contribution >= 4 is 5.91 Å². The Morgan fingerprint density at radius 1 is 1.45 bits per heavy atom. The predicted octanol–water partition coefficient (Wildman–Crippen LogP) is 2.01. The Bertz CT molecular complexity index is 648. The quantitative estimate of drug-likeness (QED) is 0.939. The van der Waals surface area contributed by atoms with E-state index >= 15 is 0 Å². The number of amides is 1. The average molecular weight is 299 g/mol. The Hall–Kier alpha value is -2.30. The summed E-state index contributed by atoms with van der Waals surface area (Å²) < 4.78 is 7.76. The molecule has 1 aromatic carbocycles. The van der Waals surface area contributed by atoms with E-state index in [2.05, 4.69) is 30.2 Å². The Morgan fingerprint density at radius 3 is 2.95 bits per heavy atom. The van der Waals surface area contributed by atoms with Gasteiger partial charge in [-0.25, -0.2) is 4.98 Å². The zero-order chi connectivity index (χ0) is 15.7. The van der Waals surface area contributed by atoms with Crippen molar-refractivity contribution in [1.82, 2.24) is 14.9 Å². The van der Waals surface area contributed by atoms with E-state index in [1.807, 2.05) is 23.8 Å². The standard InChI is InChI=1S/C17H21N3O2/c1-11-6-14-8-16(22-15(14)7-12(11)2)17(21)19-13(3)9-20-5-4-18-10-20/h4-7,10,13,16H,8-9H2,1-3H3,(H,19,21)/t13-,16+/m1/s1. The Labute approximate surface area is 130 Å². The minimum Gasteiger partial charge on any atom is -0.480 e. The van der Waals surface area contributed by atoms with Crippen LogP contribution in [0, 0.1) is 13.8 Å². The molecule has 0 fully saturated rings. The van der Waals surface area contributed by atoms with Crippen LogP contribution < -0.4 is 10.1 Å². The number of fused-ring (bicyclic) bond motifs is 1. The summed E-state index contributed by atoms with van der Waals surface area (Å²) in [6, 6.07) is 4.16. The number of ether oxygens (including phenoxy) is 1. The van der Waals surface area contributed by atoms with Crippen molar-refractivity contribution in [3.8, 4) is 5.75 Å². The van der Waals surface area contributed by atoms with Gasteiger partial charge in [0.1, 0.15) is 5.75 Å². The third-order valence-corrected chi connectivity index (χ3v) is 4.08. The number of hydrogen-bond acceptors (Lipinski definition) is 3. The van der Waals surface area contributed by atoms with Crippen LogP contribution >= 0.6 is 0 Å². The first-order valence-electron chi connectivity index (χ1n) is 7.56. The molecule has 5 nitrogen and oxygen atoms in total. The molecular weight excluding hydrogens is 278 g/mol. The zero-order valence-electron chi connectivity index (χ0n) is 13.2. The molecule has 5 heteroatoms. The first-order chi connectivity index (χ1) is 10.5. The molecule has 0 saturated heterocycles. The highest BCUT2D eigenvalue weighted by Crippen LogP contribution is 2.31. The summed E-state index contributed by atoms with van der Waals surface area (Å²) in [4.78, 5) is 16.4. The van der Waals surface area contributed by atoms with E-state index in [4.69, 9.17) is 4.74 Å². The van der Waals surface area contributed by atoms with Crippen LogP contribution in [0.3, 0.4) is 0 Å². The van der Waals surface area contributed by atoms with Crippen molar-refractivity contribution in [3.05, 3.63) is 47.5 Å². The summed E-state index contributed by atoms with van der Waals surface area (Å²) in [7, 11) is 0. The lowest BCUT2D eigenvalue weighted by molar-refractivity contribution is -0.127. The number of rotatable bonds is 4. The van der Waals surface area contributed by atoms with Gasteiger partial charge in [-0.3, -0.25) is 4.79 Å². The molecule has 1 N–H and O–H groups in total. The van der Waals surface area contributed by atoms with E-state index in [-0.39, 0.29) is 11.9 Å². The van der Waals surface area contributed by atoms with Gasteiger partial charge in [-0.15, -0.1) is 0 Å². The number of nitrogens with one attached hydrogen (secondary N) is 1. The number of carbonyl (C=O) groups is 1. The number of aromatic nitrogens is 2. The van der Waals surface area contributed by atoms with E-state index < -0.39 is 6.10 Å². The summed E-state index contributed by atoms with van der Waals surface area (Å²) in [5.74, 6) is 0.782. The van der Waals surface area contributed by atoms with Crippen molar-refractivity contribution in [2.24, 2.45) is 0 Å². The van der Waals surface area contributed by atoms with Crippen molar-refractivity contribution in [3.63, 3.8) is 0 Å². The van der Waals surface area contributed by atoms with Crippen molar-refractivity contribution < 1.29 is 9.53 Å². The molecule has 3 rings (SSSR count). The van der Waals surface area contributed by atoms with Gasteiger partial charge < -0.3 is 14.6 Å². The van der Waals surface area contributed by atoms with Crippen molar-refractivity contribution in [2.75, 3.05) is 0 Å². The highest BCUT2D eigenvalue weighted by atomic mass is 16.5. The molecule has 0 bridgehead atoms. The fourth-order valence-corrected chi connectivity index (χ4v) is 2.75. The number of carbonyl (C=O) groups excluding carboxylic acids is 1. The molecule has 2 heterocycles. The lowest BCUT2D eigenvalue weighted by Crippen LogP contribution is -2.43. The first-order valence-corrected chi connectivity index (χ1v) is 7.56. The second-order valence-electron chi connectivity index (χ2n) is 6.02. The van der Waals surface area contributed by atoms with Gasteiger partial charge >= 0.3 is 0 Å². The molecule has 116 valence electrons. The summed E-state index contributed by atoms with van der Waals surface area (Å²) in [6.45, 7) is 6.81. The van der Waals surface area contributed by atoms with Gasteiger partial charge in [0.2, 0.25) is 0 Å². The molecule has 1 aliphatic heterocycles. The van der Waals surface area contributed by atoms with Crippen LogP contribution in [-0.4, -0.2) is 27.6 Å². The zero-order valence-corrected chi connectivity index (χ0v) is 13.2. The topological polar surface area (TPSA) is 56.1 Å². The van der Waals surface area contributed by atoms with E-state index in [0.29, 0.717) is 13.0 Å². The maximum atomic E-state index is 12.4. The van der Waals surface area contributed by atoms with Crippen LogP contribution in [0.15, 0.2) is 30.9 Å². The molecule has 2 aromatic rings. The van der Waals surface area contributed by atoms with Gasteiger partial charge in [0.15, 0.2) is 6.10 Å². The fourth-order valence-electron chi connectivity index (χ4n) is 2.75. The van der Waals surface area contributed by atoms with Crippen LogP contribution in [0.25, 0.3) is 0 Å². The lowest BCUT2D eigenvalue weighted by atomic mass is 10.0. The van der Waals surface area contributed by atoms with E-state index in [0.717, 1.165) is 11.3 Å². The third-order valence-electron chi connectivity index (χ3n) is 4.08. The second kappa shape index (κ2) is 5.83. The van der Waals surface area contributed by atoms with Gasteiger partial charge in [0.05, 0.1) is 6.33 Å². The smallest absolute Gasteiger partial charge is 0.261 e. The normalized spacial score (nSPS) is 17.7. The summed E-state index contributed by atoms with van der Waals surface area (Å²) in [5, 5.41) is 3.01. The van der Waals surface area contributed by atoms with Crippen molar-refractivity contribution in [2.45, 2.75) is 45.9 Å². The molecule has 0 radical (unpaired) electrons. The van der Waals surface area contributed by atoms with Crippen LogP contribution in [-0.2, 0) is 17.8 Å². The molecule has 0 aliphatic carbocycles. The molecule has 0 spiro atoms. The van der Waals surface area contributed by atoms with Crippen LogP contribution in [0.1, 0.15) is 23.6 Å². The van der Waals surface area contributed by atoms with E-state index in [1.54, 1.807) is 12.5 Å². The molecule has 2 atom stereocenters. The summed E-state index contributed by atoms with van der Waals surface area (Å²) in [5.41, 5.74) is 3.54. The third kappa shape index (κ3) is 2.98. The summed E-state index contributed by atoms with van der Waals surface area (Å²) >= 11 is 0. The molecule has 1 aliphatic rings. The second-order valence-corrected chi connectivity index (χ2v) is 6.02. The molecule has 1 aromatic heterocycles. The molecule has 22 heavy (non-hydrogen) atoms. The number of benzene rings is 1. The number of hydrogen-bond donors (Lipinski definition) is 1. The van der Waals surface area contributed by atoms with E-state index in [9.17, 15) is 4.79 Å². The molecule has 1 amide bonds. The molecule has 0 saturated carbocycles. The Kier molecular flexibility index (Phi) is 3.88. The van der Waals surface area contributed by atoms with Gasteiger partial charge in [0, 0.05) is 31.4 Å². The monoisotopic (exact) mass is 299 g/mol. The van der Waals surface area contributed by atoms with Gasteiger partial charge in [0.25, 0.3) is 5.91 Å². The first kappa shape index (κ1) is 14.6. The number of nitrogens with zero attached hydrogens (tertiary/aromatic N) is 2. The maximum absolute atomic E-state index is 12.4. The minimum absolute atomic E-state index is 0.0254. The molecular formula is C17H21N3O2. The lowest BCUT2D eigenvalue weighted by Gasteiger charge is -2.17. The van der Waals surface area contributed by atoms with Gasteiger partial charge in [-0.2, -0.15) is 0 Å². The number of imidazole rings is 1. The van der Waals surface area contributed by atoms with Crippen molar-refractivity contribution in [1.29, 1.82) is 0 Å². The van der Waals surface area contributed by atoms with Crippen LogP contribution in [0.4, 0.5) is 0 Å². The highest BCUT2D eigenvalue weighted by molar-refractivity contribution is 5.82. The predicted molar refractivity (Wildman–Crippen MR) is 83.9 cm³/mol. The SMILES string of the molecule is Cc1cc2c(cc1C)O[C@H](C(=O)N[C@H](C)Cn1ccnc1)C2. The largest absolute Gasteiger partial charge is 0.480 e. The highest BCUT2D eigenvalue weighted by Gasteiger charge is 2.30. The van der Waals surface area contributed by atoms with Crippen LogP contribution in [0.2, 0.25) is 0 Å².